The Hall–Kier alpha value is -2.75. The smallest absolute Gasteiger partial charge is 0.243 e. The van der Waals surface area contributed by atoms with Crippen molar-refractivity contribution < 1.29 is 22.7 Å². The summed E-state index contributed by atoms with van der Waals surface area (Å²) in [5, 5.41) is 2.81. The van der Waals surface area contributed by atoms with E-state index in [1.54, 1.807) is 17.0 Å². The van der Waals surface area contributed by atoms with Crippen molar-refractivity contribution in [1.29, 1.82) is 0 Å². The number of benzene rings is 2. The fraction of sp³-hybridized carbons (Fsp3) is 0.391. The number of morpholine rings is 1. The van der Waals surface area contributed by atoms with Gasteiger partial charge in [-0.3, -0.25) is 9.59 Å². The Balaban J connectivity index is 1.39. The summed E-state index contributed by atoms with van der Waals surface area (Å²) < 4.78 is 32.0. The highest BCUT2D eigenvalue weighted by Crippen LogP contribution is 2.27. The Bertz CT molecular complexity index is 1080. The first-order chi connectivity index (χ1) is 15.4. The quantitative estimate of drug-likeness (QED) is 0.718. The first-order valence-corrected chi connectivity index (χ1v) is 12.2. The van der Waals surface area contributed by atoms with E-state index >= 15 is 0 Å². The van der Waals surface area contributed by atoms with Crippen LogP contribution < -0.4 is 10.2 Å². The number of carbonyl (C=O) groups excluding carboxylic acids is 2. The van der Waals surface area contributed by atoms with Crippen LogP contribution in [0, 0.1) is 5.92 Å². The van der Waals surface area contributed by atoms with Gasteiger partial charge < -0.3 is 15.0 Å². The molecule has 4 rings (SSSR count). The molecule has 1 atom stereocenters. The number of hydrogen-bond donors (Lipinski definition) is 1. The molecular weight excluding hydrogens is 430 g/mol. The van der Waals surface area contributed by atoms with Gasteiger partial charge in [-0.15, -0.1) is 0 Å². The summed E-state index contributed by atoms with van der Waals surface area (Å²) in [7, 11) is -3.58. The number of anilines is 2. The number of ether oxygens (including phenoxy) is 1. The van der Waals surface area contributed by atoms with Gasteiger partial charge in [0.1, 0.15) is 0 Å². The van der Waals surface area contributed by atoms with Crippen LogP contribution in [0.5, 0.6) is 0 Å². The van der Waals surface area contributed by atoms with Crippen LogP contribution in [0.2, 0.25) is 0 Å². The largest absolute Gasteiger partial charge is 0.379 e. The molecule has 170 valence electrons. The zero-order valence-electron chi connectivity index (χ0n) is 18.0. The van der Waals surface area contributed by atoms with E-state index in [4.69, 9.17) is 4.74 Å². The van der Waals surface area contributed by atoms with Gasteiger partial charge in [-0.25, -0.2) is 8.42 Å². The van der Waals surface area contributed by atoms with Crippen molar-refractivity contribution >= 4 is 33.2 Å². The molecule has 0 aromatic heterocycles. The van der Waals surface area contributed by atoms with Gasteiger partial charge in [-0.05, 0) is 48.4 Å². The summed E-state index contributed by atoms with van der Waals surface area (Å²) in [6, 6.07) is 13.9. The van der Waals surface area contributed by atoms with Crippen LogP contribution in [0.25, 0.3) is 0 Å². The minimum Gasteiger partial charge on any atom is -0.379 e. The fourth-order valence-electron chi connectivity index (χ4n) is 3.93. The van der Waals surface area contributed by atoms with E-state index in [0.29, 0.717) is 38.5 Å². The molecule has 0 radical (unpaired) electrons. The van der Waals surface area contributed by atoms with Crippen molar-refractivity contribution in [3.05, 3.63) is 54.1 Å². The van der Waals surface area contributed by atoms with Gasteiger partial charge in [0.15, 0.2) is 0 Å². The summed E-state index contributed by atoms with van der Waals surface area (Å²) in [5.74, 6) is -0.804. The Morgan fingerprint density at radius 1 is 1.06 bits per heavy atom. The Labute approximate surface area is 188 Å². The molecule has 8 nitrogen and oxygen atoms in total. The van der Waals surface area contributed by atoms with E-state index in [1.807, 2.05) is 24.3 Å². The van der Waals surface area contributed by atoms with Crippen molar-refractivity contribution in [2.45, 2.75) is 24.7 Å². The molecule has 2 amide bonds. The first-order valence-electron chi connectivity index (χ1n) is 10.8. The number of hydrogen-bond acceptors (Lipinski definition) is 5. The maximum atomic E-state index is 12.7. The number of aryl methyl sites for hydroxylation is 1. The van der Waals surface area contributed by atoms with Gasteiger partial charge in [-0.2, -0.15) is 4.31 Å². The van der Waals surface area contributed by atoms with Crippen molar-refractivity contribution in [1.82, 2.24) is 4.31 Å². The third-order valence-corrected chi connectivity index (χ3v) is 7.79. The van der Waals surface area contributed by atoms with E-state index in [-0.39, 0.29) is 23.1 Å². The van der Waals surface area contributed by atoms with E-state index < -0.39 is 15.9 Å². The van der Waals surface area contributed by atoms with E-state index in [0.717, 1.165) is 12.1 Å². The molecular formula is C23H27N3O5S. The standard InChI is InChI=1S/C23H27N3O5S/c1-2-17-3-7-20(8-4-17)26-16-18(15-22(26)27)23(28)24-19-5-9-21(10-6-19)32(29,30)25-11-13-31-14-12-25/h3-10,18H,2,11-16H2,1H3,(H,24,28)/t18-/m1/s1. The zero-order chi connectivity index (χ0) is 22.7. The third kappa shape index (κ3) is 4.69. The van der Waals surface area contributed by atoms with Crippen LogP contribution in [0.3, 0.4) is 0 Å². The highest BCUT2D eigenvalue weighted by molar-refractivity contribution is 7.89. The summed E-state index contributed by atoms with van der Waals surface area (Å²) >= 11 is 0. The molecule has 2 fully saturated rings. The normalized spacial score (nSPS) is 19.8. The Morgan fingerprint density at radius 3 is 2.34 bits per heavy atom. The topological polar surface area (TPSA) is 96.0 Å². The predicted molar refractivity (Wildman–Crippen MR) is 121 cm³/mol. The van der Waals surface area contributed by atoms with Crippen LogP contribution in [-0.4, -0.2) is 57.4 Å². The highest BCUT2D eigenvalue weighted by atomic mass is 32.2. The maximum absolute atomic E-state index is 12.7. The van der Waals surface area contributed by atoms with Gasteiger partial charge in [0.2, 0.25) is 21.8 Å². The van der Waals surface area contributed by atoms with Crippen LogP contribution >= 0.6 is 0 Å². The van der Waals surface area contributed by atoms with E-state index in [2.05, 4.69) is 12.2 Å². The number of rotatable bonds is 6. The van der Waals surface area contributed by atoms with Crippen LogP contribution in [0.1, 0.15) is 18.9 Å². The van der Waals surface area contributed by atoms with Gasteiger partial charge in [0, 0.05) is 37.4 Å². The third-order valence-electron chi connectivity index (χ3n) is 5.88. The van der Waals surface area contributed by atoms with Crippen LogP contribution in [0.4, 0.5) is 11.4 Å². The minimum absolute atomic E-state index is 0.0821. The monoisotopic (exact) mass is 457 g/mol. The second kappa shape index (κ2) is 9.40. The van der Waals surface area contributed by atoms with Gasteiger partial charge in [-0.1, -0.05) is 19.1 Å². The number of carbonyl (C=O) groups is 2. The molecule has 1 N–H and O–H groups in total. The number of nitrogens with one attached hydrogen (secondary N) is 1. The molecule has 2 aromatic rings. The summed E-state index contributed by atoms with van der Waals surface area (Å²) in [4.78, 5) is 27.0. The number of sulfonamides is 1. The summed E-state index contributed by atoms with van der Waals surface area (Å²) in [6.07, 6.45) is 1.07. The molecule has 2 saturated heterocycles. The maximum Gasteiger partial charge on any atom is 0.243 e. The van der Waals surface area contributed by atoms with Crippen molar-refractivity contribution in [2.75, 3.05) is 43.1 Å². The lowest BCUT2D eigenvalue weighted by Crippen LogP contribution is -2.40. The molecule has 0 spiro atoms. The second-order valence-corrected chi connectivity index (χ2v) is 9.89. The average molecular weight is 458 g/mol. The lowest BCUT2D eigenvalue weighted by atomic mass is 10.1. The first kappa shape index (κ1) is 22.4. The van der Waals surface area contributed by atoms with Crippen molar-refractivity contribution in [3.8, 4) is 0 Å². The highest BCUT2D eigenvalue weighted by Gasteiger charge is 2.35. The SMILES string of the molecule is CCc1ccc(N2C[C@H](C(=O)Nc3ccc(S(=O)(=O)N4CCOCC4)cc3)CC2=O)cc1. The zero-order valence-corrected chi connectivity index (χ0v) is 18.8. The van der Waals surface area contributed by atoms with Gasteiger partial charge >= 0.3 is 0 Å². The van der Waals surface area contributed by atoms with Crippen molar-refractivity contribution in [2.24, 2.45) is 5.92 Å². The summed E-state index contributed by atoms with van der Waals surface area (Å²) in [5.41, 5.74) is 2.48. The molecule has 0 unspecified atom stereocenters. The fourth-order valence-corrected chi connectivity index (χ4v) is 5.34. The van der Waals surface area contributed by atoms with Crippen molar-refractivity contribution in [3.63, 3.8) is 0 Å². The van der Waals surface area contributed by atoms with Crippen LogP contribution in [0.15, 0.2) is 53.4 Å². The molecule has 0 bridgehead atoms. The lowest BCUT2D eigenvalue weighted by Gasteiger charge is -2.26. The molecule has 2 aromatic carbocycles. The number of amides is 2. The predicted octanol–water partition coefficient (Wildman–Crippen LogP) is 2.26. The van der Waals surface area contributed by atoms with E-state index in [9.17, 15) is 18.0 Å². The molecule has 2 aliphatic rings. The summed E-state index contributed by atoms with van der Waals surface area (Å²) in [6.45, 7) is 3.81. The Kier molecular flexibility index (Phi) is 6.59. The average Bonchev–Trinajstić information content (AvgIpc) is 3.22. The van der Waals surface area contributed by atoms with Gasteiger partial charge in [0.25, 0.3) is 0 Å². The van der Waals surface area contributed by atoms with Gasteiger partial charge in [0.05, 0.1) is 24.0 Å². The second-order valence-electron chi connectivity index (χ2n) is 7.96. The van der Waals surface area contributed by atoms with Crippen LogP contribution in [-0.2, 0) is 30.8 Å². The minimum atomic E-state index is -3.58. The Morgan fingerprint density at radius 2 is 1.72 bits per heavy atom. The molecule has 32 heavy (non-hydrogen) atoms. The molecule has 2 aliphatic heterocycles. The molecule has 0 aliphatic carbocycles. The number of nitrogens with zero attached hydrogens (tertiary/aromatic N) is 2. The molecule has 9 heteroatoms. The molecule has 2 heterocycles. The lowest BCUT2D eigenvalue weighted by molar-refractivity contribution is -0.122. The molecule has 0 saturated carbocycles. The van der Waals surface area contributed by atoms with E-state index in [1.165, 1.54) is 22.0 Å².